The molecule has 298 valence electrons. The molecule has 0 radical (unpaired) electrons. The van der Waals surface area contributed by atoms with Crippen molar-refractivity contribution < 1.29 is 0 Å². The Balaban J connectivity index is 1.06. The van der Waals surface area contributed by atoms with Gasteiger partial charge in [-0.25, -0.2) is 0 Å². The summed E-state index contributed by atoms with van der Waals surface area (Å²) in [5.74, 6) is 0. The fourth-order valence-electron chi connectivity index (χ4n) is 11.5. The standard InChI is InChI=1S/C58H39IN4/c59-58(63)49-28-27-46-53(32-13-19-36(60)20-14-32)43-9-1-2-10-44(43)54(33-15-21-37(61)22-16-33)56(46)55(49)45-25-18-35(30-52(45)58)34-17-24-41-39-7-3-5-11-47(39)57(50(41)29-34)48-12-6-4-8-40(48)42-26-23-38(62)31-51(42)57/h1-31H,60-63H2. The van der Waals surface area contributed by atoms with Gasteiger partial charge in [0, 0.05) is 17.1 Å². The van der Waals surface area contributed by atoms with Gasteiger partial charge < -0.3 is 22.9 Å². The van der Waals surface area contributed by atoms with Crippen LogP contribution in [-0.2, 0) is 8.96 Å². The number of nitrogens with two attached hydrogens (primary N) is 4. The van der Waals surface area contributed by atoms with Gasteiger partial charge >= 0.3 is 0 Å². The van der Waals surface area contributed by atoms with Gasteiger partial charge in [0.2, 0.25) is 0 Å². The molecule has 13 rings (SSSR count). The van der Waals surface area contributed by atoms with Gasteiger partial charge in [0.15, 0.2) is 0 Å². The zero-order valence-corrected chi connectivity index (χ0v) is 36.2. The average Bonchev–Trinajstić information content (AvgIpc) is 3.86. The minimum atomic E-state index is -0.799. The van der Waals surface area contributed by atoms with Crippen molar-refractivity contribution in [1.29, 1.82) is 0 Å². The molecule has 0 saturated carbocycles. The summed E-state index contributed by atoms with van der Waals surface area (Å²) in [5.41, 5.74) is 50.0. The van der Waals surface area contributed by atoms with Crippen molar-refractivity contribution in [1.82, 2.24) is 0 Å². The lowest BCUT2D eigenvalue weighted by molar-refractivity contribution is 0.794. The first-order chi connectivity index (χ1) is 30.7. The van der Waals surface area contributed by atoms with Crippen LogP contribution < -0.4 is 22.9 Å². The first-order valence-electron chi connectivity index (χ1n) is 21.3. The summed E-state index contributed by atoms with van der Waals surface area (Å²) in [5, 5.41) is 4.68. The van der Waals surface area contributed by atoms with E-state index in [2.05, 4.69) is 180 Å². The Morgan fingerprint density at radius 2 is 0.778 bits per heavy atom. The Kier molecular flexibility index (Phi) is 7.48. The predicted octanol–water partition coefficient (Wildman–Crippen LogP) is 13.7. The summed E-state index contributed by atoms with van der Waals surface area (Å²) in [7, 11) is 0. The van der Waals surface area contributed by atoms with E-state index in [1.165, 1.54) is 77.4 Å². The van der Waals surface area contributed by atoms with Crippen molar-refractivity contribution >= 4 is 61.2 Å². The zero-order chi connectivity index (χ0) is 42.4. The Hall–Kier alpha value is -7.19. The van der Waals surface area contributed by atoms with E-state index in [9.17, 15) is 0 Å². The van der Waals surface area contributed by atoms with Crippen LogP contribution in [0.4, 0.5) is 17.1 Å². The molecule has 1 spiro atoms. The van der Waals surface area contributed by atoms with Gasteiger partial charge in [-0.1, -0.05) is 162 Å². The maximum atomic E-state index is 7.63. The maximum absolute atomic E-state index is 7.63. The van der Waals surface area contributed by atoms with Crippen LogP contribution in [0.3, 0.4) is 0 Å². The topological polar surface area (TPSA) is 104 Å². The van der Waals surface area contributed by atoms with Crippen LogP contribution in [0.5, 0.6) is 0 Å². The van der Waals surface area contributed by atoms with Crippen molar-refractivity contribution in [2.45, 2.75) is 8.96 Å². The van der Waals surface area contributed by atoms with Crippen molar-refractivity contribution in [3.05, 3.63) is 221 Å². The fraction of sp³-hybridized carbons (Fsp3) is 0.0345. The molecule has 8 N–H and O–H groups in total. The molecule has 0 saturated heterocycles. The number of fused-ring (bicyclic) bond motifs is 16. The van der Waals surface area contributed by atoms with Crippen molar-refractivity contribution in [3.8, 4) is 66.8 Å². The van der Waals surface area contributed by atoms with Crippen LogP contribution in [0.15, 0.2) is 188 Å². The van der Waals surface area contributed by atoms with Gasteiger partial charge in [-0.15, -0.1) is 0 Å². The summed E-state index contributed by atoms with van der Waals surface area (Å²) in [6.07, 6.45) is 0. The Labute approximate surface area is 379 Å². The number of benzene rings is 10. The molecule has 3 aliphatic carbocycles. The van der Waals surface area contributed by atoms with E-state index in [4.69, 9.17) is 22.9 Å². The van der Waals surface area contributed by atoms with E-state index in [1.54, 1.807) is 0 Å². The van der Waals surface area contributed by atoms with Crippen LogP contribution in [0.25, 0.3) is 88.3 Å². The molecule has 10 aromatic carbocycles. The number of anilines is 3. The highest BCUT2D eigenvalue weighted by atomic mass is 127. The molecule has 2 unspecified atom stereocenters. The molecule has 3 aliphatic rings. The highest BCUT2D eigenvalue weighted by molar-refractivity contribution is 14.1. The molecule has 0 aliphatic heterocycles. The second-order valence-corrected chi connectivity index (χ2v) is 19.0. The summed E-state index contributed by atoms with van der Waals surface area (Å²) in [4.78, 5) is 0. The smallest absolute Gasteiger partial charge is 0.120 e. The average molecular weight is 919 g/mol. The number of alkyl halides is 1. The van der Waals surface area contributed by atoms with E-state index < -0.39 is 8.96 Å². The normalized spacial score (nSPS) is 17.4. The lowest BCUT2D eigenvalue weighted by atomic mass is 9.70. The summed E-state index contributed by atoms with van der Waals surface area (Å²) >= 11 is 2.49. The van der Waals surface area contributed by atoms with Crippen LogP contribution in [0.2, 0.25) is 0 Å². The third-order valence-electron chi connectivity index (χ3n) is 14.1. The molecule has 0 bridgehead atoms. The molecule has 10 aromatic rings. The Morgan fingerprint density at radius 3 is 1.41 bits per heavy atom. The van der Waals surface area contributed by atoms with Gasteiger partial charge in [0.05, 0.1) is 5.41 Å². The van der Waals surface area contributed by atoms with Crippen LogP contribution in [0.1, 0.15) is 33.4 Å². The molecule has 0 fully saturated rings. The minimum Gasteiger partial charge on any atom is -0.399 e. The third-order valence-corrected chi connectivity index (χ3v) is 15.3. The molecule has 2 atom stereocenters. The van der Waals surface area contributed by atoms with E-state index in [0.717, 1.165) is 61.4 Å². The van der Waals surface area contributed by atoms with Gasteiger partial charge in [-0.3, -0.25) is 0 Å². The predicted molar refractivity (Wildman–Crippen MR) is 272 cm³/mol. The van der Waals surface area contributed by atoms with Gasteiger partial charge in [0.25, 0.3) is 0 Å². The number of hydrogen-bond acceptors (Lipinski definition) is 4. The quantitative estimate of drug-likeness (QED) is 0.0466. The number of hydrogen-bond donors (Lipinski definition) is 4. The largest absolute Gasteiger partial charge is 0.399 e. The van der Waals surface area contributed by atoms with E-state index >= 15 is 0 Å². The second kappa shape index (κ2) is 12.9. The molecular weight excluding hydrogens is 880 g/mol. The van der Waals surface area contributed by atoms with Gasteiger partial charge in [0.1, 0.15) is 3.55 Å². The molecular formula is C58H39IN4. The lowest BCUT2D eigenvalue weighted by Crippen LogP contribution is -2.28. The Bertz CT molecular complexity index is 3610. The number of rotatable bonds is 3. The van der Waals surface area contributed by atoms with E-state index in [-0.39, 0.29) is 0 Å². The fourth-order valence-corrected chi connectivity index (χ4v) is 12.4. The molecule has 0 amide bonds. The molecule has 4 nitrogen and oxygen atoms in total. The molecule has 0 aromatic heterocycles. The van der Waals surface area contributed by atoms with Crippen LogP contribution in [0, 0.1) is 0 Å². The number of halogens is 1. The summed E-state index contributed by atoms with van der Waals surface area (Å²) in [6, 6.07) is 68.0. The van der Waals surface area contributed by atoms with E-state index in [1.807, 2.05) is 30.3 Å². The first-order valence-corrected chi connectivity index (χ1v) is 22.4. The SMILES string of the molecule is Nc1ccc(-c2c3ccccc3c(-c3ccc(N)cc3)c3c4c(ccc23)C(N)(I)c2cc(-c3ccc5c(c3)C3(c6ccccc6-c6ccc(N)cc63)c3ccccc3-5)ccc2-4)cc1. The van der Waals surface area contributed by atoms with Crippen LogP contribution in [-0.4, -0.2) is 0 Å². The van der Waals surface area contributed by atoms with Crippen molar-refractivity contribution in [3.63, 3.8) is 0 Å². The highest BCUT2D eigenvalue weighted by Gasteiger charge is 2.52. The van der Waals surface area contributed by atoms with Crippen molar-refractivity contribution in [2.24, 2.45) is 5.73 Å². The van der Waals surface area contributed by atoms with E-state index in [0.29, 0.717) is 0 Å². The van der Waals surface area contributed by atoms with Gasteiger partial charge in [-0.05, 0) is 170 Å². The summed E-state index contributed by atoms with van der Waals surface area (Å²) < 4.78 is -0.799. The summed E-state index contributed by atoms with van der Waals surface area (Å²) in [6.45, 7) is 0. The first kappa shape index (κ1) is 36.5. The zero-order valence-electron chi connectivity index (χ0n) is 34.1. The monoisotopic (exact) mass is 918 g/mol. The highest BCUT2D eigenvalue weighted by Crippen LogP contribution is 2.64. The van der Waals surface area contributed by atoms with Gasteiger partial charge in [-0.2, -0.15) is 0 Å². The van der Waals surface area contributed by atoms with Crippen molar-refractivity contribution in [2.75, 3.05) is 17.2 Å². The second-order valence-electron chi connectivity index (χ2n) is 17.3. The minimum absolute atomic E-state index is 0.501. The number of nitrogen functional groups attached to an aromatic ring is 3. The van der Waals surface area contributed by atoms with Crippen LogP contribution >= 0.6 is 22.6 Å². The lowest BCUT2D eigenvalue weighted by Gasteiger charge is -2.31. The maximum Gasteiger partial charge on any atom is 0.120 e. The Morgan fingerprint density at radius 1 is 0.317 bits per heavy atom. The molecule has 0 heterocycles. The molecule has 5 heteroatoms. The third kappa shape index (κ3) is 4.83. The molecule has 63 heavy (non-hydrogen) atoms.